The van der Waals surface area contributed by atoms with E-state index in [2.05, 4.69) is 11.3 Å². The Balaban J connectivity index is 0.00000121. The van der Waals surface area contributed by atoms with Gasteiger partial charge in [-0.3, -0.25) is 0 Å². The van der Waals surface area contributed by atoms with Gasteiger partial charge >= 0.3 is 24.8 Å². The van der Waals surface area contributed by atoms with Gasteiger partial charge in [-0.1, -0.05) is 24.8 Å². The molecule has 3 heteroatoms. The summed E-state index contributed by atoms with van der Waals surface area (Å²) in [6.45, 7) is 3.28. The summed E-state index contributed by atoms with van der Waals surface area (Å²) in [7, 11) is 0. The van der Waals surface area contributed by atoms with Crippen molar-refractivity contribution in [3.05, 3.63) is 48.7 Å². The van der Waals surface area contributed by atoms with Crippen molar-refractivity contribution in [1.29, 1.82) is 0 Å². The average molecular weight is 156 g/mol. The minimum atomic E-state index is -0.374. The van der Waals surface area contributed by atoms with E-state index in [1.165, 1.54) is 0 Å². The summed E-state index contributed by atoms with van der Waals surface area (Å²) in [6.07, 6.45) is 1.12. The molecule has 0 amide bonds. The van der Waals surface area contributed by atoms with Crippen molar-refractivity contribution < 1.29 is 9.53 Å². The number of hydrogen-bond donors (Lipinski definition) is 0. The first-order chi connectivity index (χ1) is 5.34. The van der Waals surface area contributed by atoms with Crippen LogP contribution in [-0.4, -0.2) is 24.8 Å². The van der Waals surface area contributed by atoms with Gasteiger partial charge in [0.1, 0.15) is 0 Å². The number of carbonyl (C=O) groups is 1. The van der Waals surface area contributed by atoms with E-state index in [1.54, 1.807) is 24.3 Å². The zero-order chi connectivity index (χ0) is 8.10. The Kier molecular flexibility index (Phi) is 5.19. The van der Waals surface area contributed by atoms with Crippen LogP contribution < -0.4 is 0 Å². The standard InChI is InChI=1S/C9H8O2.Li.H/c1-2-11-9(10)8-6-4-3-5-7-8;;/h2-7H,1H2;;. The van der Waals surface area contributed by atoms with Crippen molar-refractivity contribution >= 4 is 24.8 Å². The first-order valence-corrected chi connectivity index (χ1v) is 3.21. The quantitative estimate of drug-likeness (QED) is 0.367. The van der Waals surface area contributed by atoms with Crippen LogP contribution in [0.4, 0.5) is 0 Å². The van der Waals surface area contributed by atoms with Crippen LogP contribution in [0.25, 0.3) is 0 Å². The van der Waals surface area contributed by atoms with E-state index in [1.807, 2.05) is 6.07 Å². The van der Waals surface area contributed by atoms with Gasteiger partial charge in [-0.15, -0.1) is 0 Å². The maximum absolute atomic E-state index is 11.0. The monoisotopic (exact) mass is 156 g/mol. The Morgan fingerprint density at radius 1 is 1.33 bits per heavy atom. The van der Waals surface area contributed by atoms with Gasteiger partial charge in [0.05, 0.1) is 11.8 Å². The average Bonchev–Trinajstić information content (AvgIpc) is 2.07. The van der Waals surface area contributed by atoms with Crippen molar-refractivity contribution in [2.75, 3.05) is 0 Å². The fourth-order valence-corrected chi connectivity index (χ4v) is 0.718. The molecule has 2 nitrogen and oxygen atoms in total. The molecular weight excluding hydrogens is 147 g/mol. The number of esters is 1. The molecule has 12 heavy (non-hydrogen) atoms. The van der Waals surface area contributed by atoms with Gasteiger partial charge in [0.15, 0.2) is 0 Å². The molecule has 1 aromatic carbocycles. The van der Waals surface area contributed by atoms with Crippen LogP contribution in [0.15, 0.2) is 43.2 Å². The first kappa shape index (κ1) is 11.0. The van der Waals surface area contributed by atoms with Gasteiger partial charge in [-0.05, 0) is 12.1 Å². The maximum atomic E-state index is 11.0. The summed E-state index contributed by atoms with van der Waals surface area (Å²) in [4.78, 5) is 11.0. The van der Waals surface area contributed by atoms with E-state index < -0.39 is 0 Å². The second-order valence-electron chi connectivity index (χ2n) is 1.94. The van der Waals surface area contributed by atoms with Crippen LogP contribution in [0.5, 0.6) is 0 Å². The summed E-state index contributed by atoms with van der Waals surface area (Å²) in [6, 6.07) is 8.77. The molecule has 0 N–H and O–H groups in total. The predicted molar refractivity (Wildman–Crippen MR) is 49.2 cm³/mol. The van der Waals surface area contributed by atoms with Gasteiger partial charge in [-0.2, -0.15) is 0 Å². The molecule has 0 atom stereocenters. The molecular formula is C9H9LiO2. The molecule has 0 aromatic heterocycles. The van der Waals surface area contributed by atoms with Gasteiger partial charge in [-0.25, -0.2) is 4.79 Å². The Bertz CT molecular complexity index is 256. The van der Waals surface area contributed by atoms with Crippen molar-refractivity contribution in [3.63, 3.8) is 0 Å². The van der Waals surface area contributed by atoms with Crippen molar-refractivity contribution in [2.45, 2.75) is 0 Å². The van der Waals surface area contributed by atoms with E-state index in [-0.39, 0.29) is 24.8 Å². The minimum absolute atomic E-state index is 0. The molecule has 0 bridgehead atoms. The summed E-state index contributed by atoms with van der Waals surface area (Å²) in [5.41, 5.74) is 0.535. The fraction of sp³-hybridized carbons (Fsp3) is 0. The van der Waals surface area contributed by atoms with E-state index in [9.17, 15) is 4.79 Å². The van der Waals surface area contributed by atoms with Gasteiger partial charge in [0.25, 0.3) is 0 Å². The van der Waals surface area contributed by atoms with E-state index in [4.69, 9.17) is 0 Å². The SMILES string of the molecule is C=COC(=O)c1ccccc1.[LiH]. The van der Waals surface area contributed by atoms with E-state index >= 15 is 0 Å². The van der Waals surface area contributed by atoms with Crippen molar-refractivity contribution in [3.8, 4) is 0 Å². The van der Waals surface area contributed by atoms with Crippen LogP contribution in [0.2, 0.25) is 0 Å². The molecule has 0 saturated carbocycles. The van der Waals surface area contributed by atoms with Crippen LogP contribution in [0.1, 0.15) is 10.4 Å². The summed E-state index contributed by atoms with van der Waals surface area (Å²) >= 11 is 0. The topological polar surface area (TPSA) is 26.3 Å². The number of hydrogen-bond acceptors (Lipinski definition) is 2. The molecule has 0 unspecified atom stereocenters. The molecule has 1 aromatic rings. The number of rotatable bonds is 2. The first-order valence-electron chi connectivity index (χ1n) is 3.21. The summed E-state index contributed by atoms with van der Waals surface area (Å²) < 4.78 is 4.55. The zero-order valence-electron chi connectivity index (χ0n) is 5.99. The third-order valence-electron chi connectivity index (χ3n) is 1.20. The van der Waals surface area contributed by atoms with Crippen LogP contribution in [-0.2, 0) is 4.74 Å². The molecule has 0 aliphatic heterocycles. The molecule has 0 saturated heterocycles. The van der Waals surface area contributed by atoms with Crippen LogP contribution >= 0.6 is 0 Å². The molecule has 0 aliphatic carbocycles. The predicted octanol–water partition coefficient (Wildman–Crippen LogP) is 1.34. The normalized spacial score (nSPS) is 8.00. The Labute approximate surface area is 83.4 Å². The Morgan fingerprint density at radius 3 is 2.42 bits per heavy atom. The van der Waals surface area contributed by atoms with Gasteiger partial charge in [0, 0.05) is 0 Å². The Morgan fingerprint density at radius 2 is 1.92 bits per heavy atom. The van der Waals surface area contributed by atoms with Crippen molar-refractivity contribution in [1.82, 2.24) is 0 Å². The van der Waals surface area contributed by atoms with E-state index in [0.717, 1.165) is 6.26 Å². The molecule has 58 valence electrons. The van der Waals surface area contributed by atoms with Gasteiger partial charge in [0.2, 0.25) is 0 Å². The van der Waals surface area contributed by atoms with Gasteiger partial charge < -0.3 is 4.74 Å². The zero-order valence-corrected chi connectivity index (χ0v) is 5.99. The van der Waals surface area contributed by atoms with Crippen molar-refractivity contribution in [2.24, 2.45) is 0 Å². The third kappa shape index (κ3) is 2.96. The number of benzene rings is 1. The molecule has 1 rings (SSSR count). The Hall–Kier alpha value is -0.973. The molecule has 0 radical (unpaired) electrons. The number of ether oxygens (including phenoxy) is 1. The van der Waals surface area contributed by atoms with Crippen LogP contribution in [0, 0.1) is 0 Å². The molecule has 0 aliphatic rings. The molecule has 0 spiro atoms. The molecule has 0 fully saturated rings. The second kappa shape index (κ2) is 5.65. The third-order valence-corrected chi connectivity index (χ3v) is 1.20. The summed E-state index contributed by atoms with van der Waals surface area (Å²) in [5.74, 6) is -0.374. The van der Waals surface area contributed by atoms with Crippen LogP contribution in [0.3, 0.4) is 0 Å². The second-order valence-corrected chi connectivity index (χ2v) is 1.94. The fourth-order valence-electron chi connectivity index (χ4n) is 0.718. The van der Waals surface area contributed by atoms with E-state index in [0.29, 0.717) is 5.56 Å². The molecule has 0 heterocycles. The summed E-state index contributed by atoms with van der Waals surface area (Å²) in [5, 5.41) is 0. The number of carbonyl (C=O) groups excluding carboxylic acids is 1.